The summed E-state index contributed by atoms with van der Waals surface area (Å²) in [5, 5.41) is 2.62. The Balaban J connectivity index is 2.63. The molecule has 0 fully saturated rings. The van der Waals surface area contributed by atoms with Crippen molar-refractivity contribution in [3.05, 3.63) is 35.4 Å². The number of rotatable bonds is 3. The fourth-order valence-electron chi connectivity index (χ4n) is 0.906. The van der Waals surface area contributed by atoms with Crippen LogP contribution in [0.4, 0.5) is 8.78 Å². The summed E-state index contributed by atoms with van der Waals surface area (Å²) in [4.78, 5) is 10.8. The maximum Gasteiger partial charge on any atom is 0.230 e. The summed E-state index contributed by atoms with van der Waals surface area (Å²) < 4.78 is 25.5. The average molecular weight is 264 g/mol. The lowest BCUT2D eigenvalue weighted by Crippen LogP contribution is -2.24. The molecule has 0 aliphatic carbocycles. The first kappa shape index (κ1) is 11.1. The van der Waals surface area contributed by atoms with Gasteiger partial charge in [0.15, 0.2) is 0 Å². The molecule has 76 valence electrons. The monoisotopic (exact) mass is 263 g/mol. The Morgan fingerprint density at radius 3 is 2.71 bits per heavy atom. The van der Waals surface area contributed by atoms with Crippen LogP contribution in [0.2, 0.25) is 0 Å². The topological polar surface area (TPSA) is 29.1 Å². The minimum atomic E-state index is -0.653. The fourth-order valence-corrected chi connectivity index (χ4v) is 1.10. The summed E-state index contributed by atoms with van der Waals surface area (Å²) in [5.41, 5.74) is 0.265. The average Bonchev–Trinajstić information content (AvgIpc) is 2.16. The van der Waals surface area contributed by atoms with E-state index in [1.807, 2.05) is 0 Å². The number of halogens is 3. The molecule has 0 atom stereocenters. The van der Waals surface area contributed by atoms with Crippen LogP contribution >= 0.6 is 15.9 Å². The van der Waals surface area contributed by atoms with Crippen molar-refractivity contribution in [1.29, 1.82) is 0 Å². The molecule has 0 radical (unpaired) electrons. The van der Waals surface area contributed by atoms with Crippen molar-refractivity contribution >= 4 is 21.8 Å². The first-order valence-electron chi connectivity index (χ1n) is 3.90. The van der Waals surface area contributed by atoms with E-state index >= 15 is 0 Å². The molecule has 0 aliphatic rings. The van der Waals surface area contributed by atoms with Gasteiger partial charge in [-0.05, 0) is 6.07 Å². The molecule has 0 saturated heterocycles. The first-order valence-corrected chi connectivity index (χ1v) is 5.02. The molecule has 1 rings (SSSR count). The van der Waals surface area contributed by atoms with Gasteiger partial charge in [-0.3, -0.25) is 4.79 Å². The number of alkyl halides is 1. The van der Waals surface area contributed by atoms with Gasteiger partial charge in [0, 0.05) is 18.2 Å². The highest BCUT2D eigenvalue weighted by atomic mass is 79.9. The first-order chi connectivity index (χ1) is 6.63. The third kappa shape index (κ3) is 3.06. The SMILES string of the molecule is O=C(CBr)NCc1ccc(F)cc1F. The molecule has 0 aromatic heterocycles. The number of benzene rings is 1. The highest BCUT2D eigenvalue weighted by Crippen LogP contribution is 2.08. The van der Waals surface area contributed by atoms with Crippen molar-refractivity contribution < 1.29 is 13.6 Å². The molecule has 14 heavy (non-hydrogen) atoms. The summed E-state index contributed by atoms with van der Waals surface area (Å²) in [6.07, 6.45) is 0. The van der Waals surface area contributed by atoms with Gasteiger partial charge in [0.25, 0.3) is 0 Å². The zero-order valence-corrected chi connectivity index (χ0v) is 8.77. The fraction of sp³-hybridized carbons (Fsp3) is 0.222. The third-order valence-corrected chi connectivity index (χ3v) is 2.12. The molecule has 0 unspecified atom stereocenters. The van der Waals surface area contributed by atoms with Crippen molar-refractivity contribution in [3.63, 3.8) is 0 Å². The van der Waals surface area contributed by atoms with Gasteiger partial charge in [0.2, 0.25) is 5.91 Å². The van der Waals surface area contributed by atoms with E-state index in [9.17, 15) is 13.6 Å². The van der Waals surface area contributed by atoms with E-state index in [1.165, 1.54) is 6.07 Å². The highest BCUT2D eigenvalue weighted by molar-refractivity contribution is 9.09. The smallest absolute Gasteiger partial charge is 0.230 e. The minimum Gasteiger partial charge on any atom is -0.351 e. The summed E-state index contributed by atoms with van der Waals surface area (Å²) >= 11 is 2.95. The second kappa shape index (κ2) is 5.05. The second-order valence-electron chi connectivity index (χ2n) is 2.65. The Labute approximate surface area is 88.4 Å². The van der Waals surface area contributed by atoms with Gasteiger partial charge in [-0.1, -0.05) is 22.0 Å². The second-order valence-corrected chi connectivity index (χ2v) is 3.21. The molecule has 0 heterocycles. The molecule has 1 amide bonds. The van der Waals surface area contributed by atoms with Crippen molar-refractivity contribution in [2.24, 2.45) is 0 Å². The molecular weight excluding hydrogens is 256 g/mol. The minimum absolute atomic E-state index is 0.0660. The quantitative estimate of drug-likeness (QED) is 0.831. The summed E-state index contributed by atoms with van der Waals surface area (Å²) in [6.45, 7) is 0.0660. The maximum absolute atomic E-state index is 13.0. The Kier molecular flexibility index (Phi) is 4.00. The molecular formula is C9H8BrF2NO. The van der Waals surface area contributed by atoms with Gasteiger partial charge in [-0.15, -0.1) is 0 Å². The number of amides is 1. The van der Waals surface area contributed by atoms with Crippen molar-refractivity contribution in [3.8, 4) is 0 Å². The number of hydrogen-bond donors (Lipinski definition) is 1. The van der Waals surface area contributed by atoms with Crippen LogP contribution in [0.25, 0.3) is 0 Å². The molecule has 1 aromatic rings. The Bertz CT molecular complexity index is 344. The standard InChI is InChI=1S/C9H8BrF2NO/c10-4-9(14)13-5-6-1-2-7(11)3-8(6)12/h1-3H,4-5H2,(H,13,14). The summed E-state index contributed by atoms with van der Waals surface area (Å²) in [6, 6.07) is 3.24. The van der Waals surface area contributed by atoms with Crippen molar-refractivity contribution in [2.75, 3.05) is 5.33 Å². The van der Waals surface area contributed by atoms with Gasteiger partial charge in [0.1, 0.15) is 11.6 Å². The lowest BCUT2D eigenvalue weighted by molar-refractivity contribution is -0.118. The summed E-state index contributed by atoms with van der Waals surface area (Å²) in [7, 11) is 0. The summed E-state index contributed by atoms with van der Waals surface area (Å²) in [5.74, 6) is -1.52. The van der Waals surface area contributed by atoms with Crippen LogP contribution in [-0.4, -0.2) is 11.2 Å². The van der Waals surface area contributed by atoms with E-state index in [-0.39, 0.29) is 23.3 Å². The zero-order chi connectivity index (χ0) is 10.6. The third-order valence-electron chi connectivity index (χ3n) is 1.61. The molecule has 0 spiro atoms. The largest absolute Gasteiger partial charge is 0.351 e. The lowest BCUT2D eigenvalue weighted by atomic mass is 10.2. The predicted molar refractivity (Wildman–Crippen MR) is 52.0 cm³/mol. The number of hydrogen-bond acceptors (Lipinski definition) is 1. The number of nitrogens with one attached hydrogen (secondary N) is 1. The van der Waals surface area contributed by atoms with Gasteiger partial charge >= 0.3 is 0 Å². The van der Waals surface area contributed by atoms with E-state index in [2.05, 4.69) is 21.2 Å². The van der Waals surface area contributed by atoms with Gasteiger partial charge < -0.3 is 5.32 Å². The highest BCUT2D eigenvalue weighted by Gasteiger charge is 2.04. The molecule has 2 nitrogen and oxygen atoms in total. The van der Waals surface area contributed by atoms with E-state index < -0.39 is 11.6 Å². The van der Waals surface area contributed by atoms with Crippen LogP contribution in [0.15, 0.2) is 18.2 Å². The van der Waals surface area contributed by atoms with Crippen molar-refractivity contribution in [2.45, 2.75) is 6.54 Å². The van der Waals surface area contributed by atoms with E-state index in [1.54, 1.807) is 0 Å². The molecule has 5 heteroatoms. The van der Waals surface area contributed by atoms with E-state index in [0.717, 1.165) is 12.1 Å². The Morgan fingerprint density at radius 1 is 1.43 bits per heavy atom. The van der Waals surface area contributed by atoms with E-state index in [4.69, 9.17) is 0 Å². The van der Waals surface area contributed by atoms with E-state index in [0.29, 0.717) is 0 Å². The maximum atomic E-state index is 13.0. The number of carbonyl (C=O) groups is 1. The van der Waals surface area contributed by atoms with Crippen LogP contribution in [-0.2, 0) is 11.3 Å². The number of carbonyl (C=O) groups excluding carboxylic acids is 1. The molecule has 0 bridgehead atoms. The molecule has 0 saturated carbocycles. The Morgan fingerprint density at radius 2 is 2.14 bits per heavy atom. The van der Waals surface area contributed by atoms with Crippen LogP contribution in [0.5, 0.6) is 0 Å². The lowest BCUT2D eigenvalue weighted by Gasteiger charge is -2.04. The Hall–Kier alpha value is -0.970. The van der Waals surface area contributed by atoms with Crippen LogP contribution in [0, 0.1) is 11.6 Å². The van der Waals surface area contributed by atoms with Crippen LogP contribution in [0.3, 0.4) is 0 Å². The molecule has 1 aromatic carbocycles. The normalized spacial score (nSPS) is 9.93. The van der Waals surface area contributed by atoms with Crippen LogP contribution in [0.1, 0.15) is 5.56 Å². The van der Waals surface area contributed by atoms with Gasteiger partial charge in [0.05, 0.1) is 5.33 Å². The molecule has 1 N–H and O–H groups in total. The molecule has 0 aliphatic heterocycles. The van der Waals surface area contributed by atoms with Crippen molar-refractivity contribution in [1.82, 2.24) is 5.32 Å². The van der Waals surface area contributed by atoms with Crippen LogP contribution < -0.4 is 5.32 Å². The van der Waals surface area contributed by atoms with Gasteiger partial charge in [-0.25, -0.2) is 8.78 Å². The van der Waals surface area contributed by atoms with Gasteiger partial charge in [-0.2, -0.15) is 0 Å². The predicted octanol–water partition coefficient (Wildman–Crippen LogP) is 1.98. The zero-order valence-electron chi connectivity index (χ0n) is 7.19.